The highest BCUT2D eigenvalue weighted by atomic mass is 32.1. The molecule has 5 heteroatoms. The Morgan fingerprint density at radius 2 is 1.88 bits per heavy atom. The van der Waals surface area contributed by atoms with Crippen LogP contribution in [0.2, 0.25) is 0 Å². The topological polar surface area (TPSA) is 44.7 Å². The number of nitrogens with one attached hydrogen (secondary N) is 1. The number of likely N-dealkylation sites (N-methyl/N-ethyl adjacent to an activating group) is 1. The summed E-state index contributed by atoms with van der Waals surface area (Å²) >= 11 is 4.53. The zero-order valence-electron chi connectivity index (χ0n) is 20.1. The third-order valence-corrected chi connectivity index (χ3v) is 6.30. The van der Waals surface area contributed by atoms with Gasteiger partial charge in [0.2, 0.25) is 0 Å². The van der Waals surface area contributed by atoms with Crippen molar-refractivity contribution < 1.29 is 4.79 Å². The van der Waals surface area contributed by atoms with E-state index in [0.29, 0.717) is 29.7 Å². The molecule has 0 aliphatic carbocycles. The van der Waals surface area contributed by atoms with E-state index in [1.807, 2.05) is 49.2 Å². The number of unbranched alkanes of at least 4 members (excludes halogenated alkanes) is 3. The summed E-state index contributed by atoms with van der Waals surface area (Å²) in [4.78, 5) is 19.8. The summed E-state index contributed by atoms with van der Waals surface area (Å²) in [7, 11) is 0. The van der Waals surface area contributed by atoms with Crippen LogP contribution in [-0.4, -0.2) is 42.7 Å². The Hall–Kier alpha value is -2.11. The van der Waals surface area contributed by atoms with Gasteiger partial charge in [-0.15, -0.1) is 12.6 Å². The molecule has 0 radical (unpaired) electrons. The van der Waals surface area contributed by atoms with Gasteiger partial charge in [0, 0.05) is 30.9 Å². The van der Waals surface area contributed by atoms with Crippen molar-refractivity contribution in [2.75, 3.05) is 19.6 Å². The molecule has 2 aromatic rings. The Morgan fingerprint density at radius 3 is 2.62 bits per heavy atom. The van der Waals surface area contributed by atoms with Crippen molar-refractivity contribution in [2.45, 2.75) is 65.8 Å². The second kappa shape index (κ2) is 14.1. The zero-order valence-corrected chi connectivity index (χ0v) is 21.0. The number of benzene rings is 2. The Bertz CT molecular complexity index is 917. The average Bonchev–Trinajstić information content (AvgIpc) is 2.82. The standard InChI is InChI=1S/C27H39N3OS/c1-5-7-8-11-18-28-21(3)17-19-30(6-2)27(31)26(32)22(4)29-20-24-15-12-14-23-13-9-10-16-25(23)24/h9-10,12-16,20-21,28,32H,5-8,11,17-19H2,1-4H3/b26-22-,29-20?. The Morgan fingerprint density at radius 1 is 1.12 bits per heavy atom. The normalized spacial score (nSPS) is 13.4. The highest BCUT2D eigenvalue weighted by molar-refractivity contribution is 7.85. The first-order chi connectivity index (χ1) is 15.5. The van der Waals surface area contributed by atoms with Crippen LogP contribution in [0, 0.1) is 0 Å². The van der Waals surface area contributed by atoms with Crippen LogP contribution < -0.4 is 5.32 Å². The van der Waals surface area contributed by atoms with Crippen molar-refractivity contribution in [1.82, 2.24) is 10.2 Å². The third kappa shape index (κ3) is 8.10. The van der Waals surface area contributed by atoms with Crippen molar-refractivity contribution in [3.8, 4) is 0 Å². The number of fused-ring (bicyclic) bond motifs is 1. The molecule has 0 saturated heterocycles. The number of hydrogen-bond donors (Lipinski definition) is 2. The molecule has 174 valence electrons. The summed E-state index contributed by atoms with van der Waals surface area (Å²) in [6.07, 6.45) is 7.80. The molecule has 32 heavy (non-hydrogen) atoms. The number of carbonyl (C=O) groups is 1. The van der Waals surface area contributed by atoms with Crippen molar-refractivity contribution in [2.24, 2.45) is 4.99 Å². The summed E-state index contributed by atoms with van der Waals surface area (Å²) in [6.45, 7) is 10.7. The summed E-state index contributed by atoms with van der Waals surface area (Å²) < 4.78 is 0. The van der Waals surface area contributed by atoms with Crippen molar-refractivity contribution in [3.63, 3.8) is 0 Å². The highest BCUT2D eigenvalue weighted by Crippen LogP contribution is 2.19. The maximum Gasteiger partial charge on any atom is 0.261 e. The second-order valence-electron chi connectivity index (χ2n) is 8.35. The van der Waals surface area contributed by atoms with E-state index in [9.17, 15) is 4.79 Å². The average molecular weight is 454 g/mol. The molecule has 1 atom stereocenters. The smallest absolute Gasteiger partial charge is 0.261 e. The molecule has 4 nitrogen and oxygen atoms in total. The number of carbonyl (C=O) groups excluding carboxylic acids is 1. The van der Waals surface area contributed by atoms with Gasteiger partial charge in [0.15, 0.2) is 0 Å². The molecule has 0 aliphatic heterocycles. The van der Waals surface area contributed by atoms with Crippen LogP contribution in [0.5, 0.6) is 0 Å². The van der Waals surface area contributed by atoms with E-state index in [2.05, 4.69) is 55.0 Å². The highest BCUT2D eigenvalue weighted by Gasteiger charge is 2.17. The number of thiol groups is 1. The fraction of sp³-hybridized carbons (Fsp3) is 0.481. The second-order valence-corrected chi connectivity index (χ2v) is 8.80. The van der Waals surface area contributed by atoms with Crippen LogP contribution in [0.3, 0.4) is 0 Å². The van der Waals surface area contributed by atoms with Crippen LogP contribution in [0.1, 0.15) is 65.4 Å². The van der Waals surface area contributed by atoms with Crippen molar-refractivity contribution in [1.29, 1.82) is 0 Å². The van der Waals surface area contributed by atoms with Gasteiger partial charge >= 0.3 is 0 Å². The van der Waals surface area contributed by atoms with Gasteiger partial charge in [-0.05, 0) is 50.9 Å². The van der Waals surface area contributed by atoms with Crippen molar-refractivity contribution in [3.05, 3.63) is 58.6 Å². The minimum atomic E-state index is -0.0569. The Balaban J connectivity index is 1.95. The molecule has 0 heterocycles. The molecule has 0 aliphatic rings. The molecule has 1 amide bonds. The molecule has 0 spiro atoms. The van der Waals surface area contributed by atoms with E-state index in [4.69, 9.17) is 0 Å². The van der Waals surface area contributed by atoms with Crippen molar-refractivity contribution >= 4 is 35.5 Å². The summed E-state index contributed by atoms with van der Waals surface area (Å²) in [5, 5.41) is 5.89. The van der Waals surface area contributed by atoms with Gasteiger partial charge < -0.3 is 10.2 Å². The van der Waals surface area contributed by atoms with Gasteiger partial charge in [-0.1, -0.05) is 68.7 Å². The first-order valence-corrected chi connectivity index (χ1v) is 12.4. The quantitative estimate of drug-likeness (QED) is 0.164. The molecule has 2 rings (SSSR count). The number of rotatable bonds is 13. The SMILES string of the molecule is CCCCCCNC(C)CCN(CC)C(=O)/C(S)=C(\C)N=Cc1cccc2ccccc12. The largest absolute Gasteiger partial charge is 0.338 e. The molecule has 0 fully saturated rings. The number of allylic oxidation sites excluding steroid dienone is 1. The fourth-order valence-corrected chi connectivity index (χ4v) is 3.85. The first-order valence-electron chi connectivity index (χ1n) is 11.9. The maximum absolute atomic E-state index is 13.0. The van der Waals surface area contributed by atoms with E-state index in [-0.39, 0.29) is 5.91 Å². The monoisotopic (exact) mass is 453 g/mol. The van der Waals surface area contributed by atoms with Crippen LogP contribution in [-0.2, 0) is 4.79 Å². The van der Waals surface area contributed by atoms with E-state index >= 15 is 0 Å². The lowest BCUT2D eigenvalue weighted by Gasteiger charge is -2.23. The zero-order chi connectivity index (χ0) is 23.3. The molecular weight excluding hydrogens is 414 g/mol. The van der Waals surface area contributed by atoms with Crippen LogP contribution in [0.25, 0.3) is 10.8 Å². The lowest BCUT2D eigenvalue weighted by atomic mass is 10.1. The molecule has 2 aromatic carbocycles. The number of nitrogens with zero attached hydrogens (tertiary/aromatic N) is 2. The predicted molar refractivity (Wildman–Crippen MR) is 142 cm³/mol. The number of aliphatic imine (C=N–C) groups is 1. The van der Waals surface area contributed by atoms with E-state index in [1.165, 1.54) is 31.1 Å². The molecule has 0 saturated carbocycles. The maximum atomic E-state index is 13.0. The lowest BCUT2D eigenvalue weighted by molar-refractivity contribution is -0.126. The predicted octanol–water partition coefficient (Wildman–Crippen LogP) is 6.22. The Kier molecular flexibility index (Phi) is 11.5. The minimum absolute atomic E-state index is 0.0569. The van der Waals surface area contributed by atoms with Gasteiger partial charge in [-0.25, -0.2) is 0 Å². The van der Waals surface area contributed by atoms with E-state index in [1.54, 1.807) is 0 Å². The molecule has 1 N–H and O–H groups in total. The van der Waals surface area contributed by atoms with Crippen LogP contribution in [0.4, 0.5) is 0 Å². The summed E-state index contributed by atoms with van der Waals surface area (Å²) in [5.74, 6) is -0.0569. The lowest BCUT2D eigenvalue weighted by Crippen LogP contribution is -2.36. The summed E-state index contributed by atoms with van der Waals surface area (Å²) in [5.41, 5.74) is 1.66. The van der Waals surface area contributed by atoms with E-state index in [0.717, 1.165) is 23.9 Å². The van der Waals surface area contributed by atoms with Gasteiger partial charge in [-0.2, -0.15) is 0 Å². The number of hydrogen-bond acceptors (Lipinski definition) is 4. The van der Waals surface area contributed by atoms with E-state index < -0.39 is 0 Å². The molecule has 0 aromatic heterocycles. The van der Waals surface area contributed by atoms with Gasteiger partial charge in [-0.3, -0.25) is 9.79 Å². The van der Waals surface area contributed by atoms with Crippen LogP contribution >= 0.6 is 12.6 Å². The molecule has 0 bridgehead atoms. The molecule has 1 unspecified atom stereocenters. The third-order valence-electron chi connectivity index (χ3n) is 5.79. The minimum Gasteiger partial charge on any atom is -0.338 e. The van der Waals surface area contributed by atoms with Gasteiger partial charge in [0.05, 0.1) is 10.6 Å². The molecular formula is C27H39N3OS. The first kappa shape index (κ1) is 26.1. The summed E-state index contributed by atoms with van der Waals surface area (Å²) in [6, 6.07) is 14.8. The van der Waals surface area contributed by atoms with Crippen LogP contribution in [0.15, 0.2) is 58.1 Å². The fourth-order valence-electron chi connectivity index (χ4n) is 3.65. The van der Waals surface area contributed by atoms with Gasteiger partial charge in [0.25, 0.3) is 5.91 Å². The van der Waals surface area contributed by atoms with Gasteiger partial charge in [0.1, 0.15) is 0 Å². The Labute approximate surface area is 199 Å². The number of amides is 1.